The molecule has 1 amide bonds. The number of benzene rings is 2. The van der Waals surface area contributed by atoms with Gasteiger partial charge in [0.15, 0.2) is 13.2 Å². The number of nitrogens with one attached hydrogen (secondary N) is 1. The lowest BCUT2D eigenvalue weighted by atomic mass is 10.2. The molecule has 136 valence electrons. The molecule has 2 aromatic carbocycles. The van der Waals surface area contributed by atoms with Crippen LogP contribution in [0.1, 0.15) is 11.1 Å². The highest BCUT2D eigenvalue weighted by Crippen LogP contribution is 2.25. The first-order chi connectivity index (χ1) is 12.5. The molecule has 0 aliphatic carbocycles. The molecular formula is C18H17BrN2O5. The van der Waals surface area contributed by atoms with Gasteiger partial charge in [0.2, 0.25) is 0 Å². The first-order valence-corrected chi connectivity index (χ1v) is 8.39. The molecular weight excluding hydrogens is 404 g/mol. The van der Waals surface area contributed by atoms with Crippen LogP contribution in [0.2, 0.25) is 0 Å². The summed E-state index contributed by atoms with van der Waals surface area (Å²) >= 11 is 3.37. The second kappa shape index (κ2) is 9.57. The summed E-state index contributed by atoms with van der Waals surface area (Å²) in [6.07, 6.45) is 1.37. The second-order valence-corrected chi connectivity index (χ2v) is 6.09. The SMILES string of the molecule is Cc1ccc(OCC(=O)NN=Cc2ccccc2OCC(=O)O)c(Br)c1. The number of para-hydroxylation sites is 1. The van der Waals surface area contributed by atoms with Gasteiger partial charge in [0.05, 0.1) is 10.7 Å². The van der Waals surface area contributed by atoms with Gasteiger partial charge in [-0.15, -0.1) is 0 Å². The zero-order chi connectivity index (χ0) is 18.9. The summed E-state index contributed by atoms with van der Waals surface area (Å²) in [5, 5.41) is 12.5. The maximum absolute atomic E-state index is 11.8. The summed E-state index contributed by atoms with van der Waals surface area (Å²) in [5.74, 6) is -0.600. The van der Waals surface area contributed by atoms with E-state index in [4.69, 9.17) is 14.6 Å². The predicted octanol–water partition coefficient (Wildman–Crippen LogP) is 2.75. The predicted molar refractivity (Wildman–Crippen MR) is 99.7 cm³/mol. The molecule has 0 heterocycles. The monoisotopic (exact) mass is 420 g/mol. The van der Waals surface area contributed by atoms with Gasteiger partial charge in [-0.2, -0.15) is 5.10 Å². The number of amides is 1. The van der Waals surface area contributed by atoms with E-state index in [1.807, 2.05) is 19.1 Å². The lowest BCUT2D eigenvalue weighted by Gasteiger charge is -2.08. The lowest BCUT2D eigenvalue weighted by Crippen LogP contribution is -2.24. The van der Waals surface area contributed by atoms with E-state index in [0.29, 0.717) is 17.1 Å². The summed E-state index contributed by atoms with van der Waals surface area (Å²) < 4.78 is 11.3. The maximum atomic E-state index is 11.8. The van der Waals surface area contributed by atoms with Crippen molar-refractivity contribution >= 4 is 34.0 Å². The number of carboxylic acid groups (broad SMARTS) is 1. The molecule has 0 radical (unpaired) electrons. The van der Waals surface area contributed by atoms with E-state index in [0.717, 1.165) is 10.0 Å². The third-order valence-corrected chi connectivity index (χ3v) is 3.73. The quantitative estimate of drug-likeness (QED) is 0.505. The van der Waals surface area contributed by atoms with E-state index in [2.05, 4.69) is 26.5 Å². The number of ether oxygens (including phenoxy) is 2. The average Bonchev–Trinajstić information content (AvgIpc) is 2.60. The van der Waals surface area contributed by atoms with Crippen molar-refractivity contribution in [1.29, 1.82) is 0 Å². The Morgan fingerprint density at radius 2 is 1.88 bits per heavy atom. The van der Waals surface area contributed by atoms with E-state index in [9.17, 15) is 9.59 Å². The number of hydrogen-bond donors (Lipinski definition) is 2. The zero-order valence-electron chi connectivity index (χ0n) is 13.9. The molecule has 0 spiro atoms. The van der Waals surface area contributed by atoms with Crippen molar-refractivity contribution in [2.45, 2.75) is 6.92 Å². The fourth-order valence-corrected chi connectivity index (χ4v) is 2.54. The number of rotatable bonds is 8. The molecule has 0 aromatic heterocycles. The van der Waals surface area contributed by atoms with E-state index in [-0.39, 0.29) is 6.61 Å². The minimum Gasteiger partial charge on any atom is -0.483 e. The molecule has 0 atom stereocenters. The van der Waals surface area contributed by atoms with Gasteiger partial charge in [0, 0.05) is 5.56 Å². The Kier molecular flexibility index (Phi) is 7.16. The molecule has 0 saturated carbocycles. The van der Waals surface area contributed by atoms with Crippen LogP contribution in [-0.4, -0.2) is 36.4 Å². The van der Waals surface area contributed by atoms with Crippen LogP contribution in [0.4, 0.5) is 0 Å². The van der Waals surface area contributed by atoms with Crippen LogP contribution in [0.25, 0.3) is 0 Å². The maximum Gasteiger partial charge on any atom is 0.341 e. The van der Waals surface area contributed by atoms with Gasteiger partial charge in [-0.3, -0.25) is 4.79 Å². The molecule has 7 nitrogen and oxygen atoms in total. The van der Waals surface area contributed by atoms with Crippen LogP contribution in [-0.2, 0) is 9.59 Å². The zero-order valence-corrected chi connectivity index (χ0v) is 15.5. The molecule has 0 saturated heterocycles. The van der Waals surface area contributed by atoms with Crippen molar-refractivity contribution < 1.29 is 24.2 Å². The Morgan fingerprint density at radius 1 is 1.15 bits per heavy atom. The third-order valence-electron chi connectivity index (χ3n) is 3.11. The van der Waals surface area contributed by atoms with Gasteiger partial charge in [-0.25, -0.2) is 10.2 Å². The van der Waals surface area contributed by atoms with Crippen molar-refractivity contribution in [2.75, 3.05) is 13.2 Å². The molecule has 2 rings (SSSR count). The summed E-state index contributed by atoms with van der Waals surface area (Å²) in [5.41, 5.74) is 3.95. The minimum atomic E-state index is -1.08. The van der Waals surface area contributed by atoms with Crippen molar-refractivity contribution in [3.8, 4) is 11.5 Å². The Bertz CT molecular complexity index is 823. The van der Waals surface area contributed by atoms with Crippen LogP contribution < -0.4 is 14.9 Å². The molecule has 26 heavy (non-hydrogen) atoms. The number of carbonyl (C=O) groups is 2. The number of hydrazone groups is 1. The largest absolute Gasteiger partial charge is 0.483 e. The minimum absolute atomic E-state index is 0.198. The number of carboxylic acids is 1. The van der Waals surface area contributed by atoms with Crippen molar-refractivity contribution in [2.24, 2.45) is 5.10 Å². The van der Waals surface area contributed by atoms with Crippen LogP contribution in [0, 0.1) is 6.92 Å². The van der Waals surface area contributed by atoms with Crippen LogP contribution >= 0.6 is 15.9 Å². The van der Waals surface area contributed by atoms with Gasteiger partial charge in [-0.05, 0) is 52.7 Å². The molecule has 8 heteroatoms. The Morgan fingerprint density at radius 3 is 2.62 bits per heavy atom. The number of aliphatic carboxylic acids is 1. The normalized spacial score (nSPS) is 10.5. The van der Waals surface area contributed by atoms with Gasteiger partial charge in [-0.1, -0.05) is 18.2 Å². The van der Waals surface area contributed by atoms with Crippen molar-refractivity contribution in [3.63, 3.8) is 0 Å². The lowest BCUT2D eigenvalue weighted by molar-refractivity contribution is -0.139. The second-order valence-electron chi connectivity index (χ2n) is 5.24. The molecule has 0 aliphatic heterocycles. The Hall–Kier alpha value is -2.87. The first-order valence-electron chi connectivity index (χ1n) is 7.60. The summed E-state index contributed by atoms with van der Waals surface area (Å²) in [6.45, 7) is 1.29. The average molecular weight is 421 g/mol. The van der Waals surface area contributed by atoms with Gasteiger partial charge in [0.25, 0.3) is 5.91 Å². The highest BCUT2D eigenvalue weighted by Gasteiger charge is 2.06. The first kappa shape index (κ1) is 19.5. The van der Waals surface area contributed by atoms with Crippen molar-refractivity contribution in [1.82, 2.24) is 5.43 Å². The topological polar surface area (TPSA) is 97.2 Å². The fraction of sp³-hybridized carbons (Fsp3) is 0.167. The third kappa shape index (κ3) is 6.21. The number of hydrogen-bond acceptors (Lipinski definition) is 5. The van der Waals surface area contributed by atoms with E-state index in [1.54, 1.807) is 30.3 Å². The highest BCUT2D eigenvalue weighted by molar-refractivity contribution is 9.10. The van der Waals surface area contributed by atoms with Gasteiger partial charge in [0.1, 0.15) is 11.5 Å². The fourth-order valence-electron chi connectivity index (χ4n) is 1.93. The molecule has 2 N–H and O–H groups in total. The highest BCUT2D eigenvalue weighted by atomic mass is 79.9. The Labute approximate surface area is 158 Å². The molecule has 0 unspecified atom stereocenters. The van der Waals surface area contributed by atoms with Gasteiger partial charge < -0.3 is 14.6 Å². The summed E-state index contributed by atoms with van der Waals surface area (Å²) in [6, 6.07) is 12.3. The summed E-state index contributed by atoms with van der Waals surface area (Å²) in [7, 11) is 0. The number of aryl methyl sites for hydroxylation is 1. The van der Waals surface area contributed by atoms with E-state index >= 15 is 0 Å². The van der Waals surface area contributed by atoms with E-state index in [1.165, 1.54) is 6.21 Å². The van der Waals surface area contributed by atoms with Crippen LogP contribution in [0.15, 0.2) is 52.0 Å². The standard InChI is InChI=1S/C18H17BrN2O5/c1-12-6-7-16(14(19)8-12)25-10-17(22)21-20-9-13-4-2-3-5-15(13)26-11-18(23)24/h2-9H,10-11H2,1H3,(H,21,22)(H,23,24). The smallest absolute Gasteiger partial charge is 0.341 e. The van der Waals surface area contributed by atoms with Crippen LogP contribution in [0.5, 0.6) is 11.5 Å². The Balaban J connectivity index is 1.88. The molecule has 0 bridgehead atoms. The number of carbonyl (C=O) groups excluding carboxylic acids is 1. The molecule has 0 aliphatic rings. The van der Waals surface area contributed by atoms with E-state index < -0.39 is 18.5 Å². The molecule has 0 fully saturated rings. The summed E-state index contributed by atoms with van der Waals surface area (Å²) in [4.78, 5) is 22.4. The van der Waals surface area contributed by atoms with Crippen LogP contribution in [0.3, 0.4) is 0 Å². The molecule has 2 aromatic rings. The van der Waals surface area contributed by atoms with Gasteiger partial charge >= 0.3 is 5.97 Å². The van der Waals surface area contributed by atoms with Crippen molar-refractivity contribution in [3.05, 3.63) is 58.1 Å². The number of nitrogens with zero attached hydrogens (tertiary/aromatic N) is 1. The number of halogens is 1.